The molecule has 0 saturated heterocycles. The van der Waals surface area contributed by atoms with E-state index in [1.54, 1.807) is 25.9 Å². The number of methoxy groups -OCH3 is 1. The van der Waals surface area contributed by atoms with E-state index in [0.717, 1.165) is 61.7 Å². The molecule has 5 nitrogen and oxygen atoms in total. The van der Waals surface area contributed by atoms with Gasteiger partial charge in [-0.3, -0.25) is 4.79 Å². The second-order valence-corrected chi connectivity index (χ2v) is 12.1. The lowest BCUT2D eigenvalue weighted by Gasteiger charge is -2.43. The maximum absolute atomic E-state index is 14.4. The van der Waals surface area contributed by atoms with Crippen LogP contribution in [0, 0.1) is 11.8 Å². The Morgan fingerprint density at radius 3 is 2.73 bits per heavy atom. The molecule has 41 heavy (non-hydrogen) atoms. The van der Waals surface area contributed by atoms with Crippen molar-refractivity contribution in [3.8, 4) is 5.75 Å². The van der Waals surface area contributed by atoms with Gasteiger partial charge in [-0.05, 0) is 85.4 Å². The topological polar surface area (TPSA) is 42.0 Å². The molecule has 1 saturated carbocycles. The molecule has 0 radical (unpaired) electrons. The number of amides is 1. The molecule has 0 aromatic heterocycles. The molecule has 0 bridgehead atoms. The third kappa shape index (κ3) is 7.84. The molecule has 0 N–H and O–H groups in total. The summed E-state index contributed by atoms with van der Waals surface area (Å²) < 4.78 is 26.8. The first-order valence-corrected chi connectivity index (χ1v) is 15.4. The van der Waals surface area contributed by atoms with Crippen LogP contribution in [-0.2, 0) is 16.0 Å². The van der Waals surface area contributed by atoms with Gasteiger partial charge < -0.3 is 19.3 Å². The highest BCUT2D eigenvalue weighted by Crippen LogP contribution is 2.43. The number of carbonyl (C=O) groups excluding carboxylic acids is 1. The number of fused-ring (bicyclic) bond motifs is 1. The van der Waals surface area contributed by atoms with Crippen molar-refractivity contribution in [2.24, 2.45) is 11.8 Å². The molecule has 7 heteroatoms. The van der Waals surface area contributed by atoms with Gasteiger partial charge in [-0.2, -0.15) is 0 Å². The molecule has 2 aromatic carbocycles. The quantitative estimate of drug-likeness (QED) is 0.239. The first kappa shape index (κ1) is 31.4. The first-order chi connectivity index (χ1) is 19.7. The van der Waals surface area contributed by atoms with Gasteiger partial charge in [0.05, 0.1) is 18.4 Å². The van der Waals surface area contributed by atoms with Crippen LogP contribution in [-0.4, -0.2) is 57.3 Å². The summed E-state index contributed by atoms with van der Waals surface area (Å²) in [6.45, 7) is 8.29. The second-order valence-electron chi connectivity index (χ2n) is 11.7. The monoisotopic (exact) mass is 584 g/mol. The summed E-state index contributed by atoms with van der Waals surface area (Å²) in [4.78, 5) is 15.7. The van der Waals surface area contributed by atoms with Gasteiger partial charge >= 0.3 is 0 Å². The SMILES string of the molecule is CCCc1cc(Cl)ccc1C1COc2ccc(C(C)F)cc2N(CC2CCC2C(/C=C/CCN(C)C(C)=O)OC)C1. The Bertz CT molecular complexity index is 1200. The lowest BCUT2D eigenvalue weighted by atomic mass is 9.70. The minimum Gasteiger partial charge on any atom is -0.491 e. The number of hydrogen-bond donors (Lipinski definition) is 0. The maximum Gasteiger partial charge on any atom is 0.219 e. The van der Waals surface area contributed by atoms with Gasteiger partial charge in [-0.15, -0.1) is 0 Å². The van der Waals surface area contributed by atoms with Crippen molar-refractivity contribution in [1.29, 1.82) is 0 Å². The van der Waals surface area contributed by atoms with E-state index in [-0.39, 0.29) is 17.9 Å². The van der Waals surface area contributed by atoms with Crippen LogP contribution < -0.4 is 9.64 Å². The Kier molecular flexibility index (Phi) is 11.1. The molecular formula is C34H46ClFN2O3. The number of ether oxygens (including phenoxy) is 2. The summed E-state index contributed by atoms with van der Waals surface area (Å²) in [7, 11) is 3.61. The van der Waals surface area contributed by atoms with Crippen LogP contribution in [0.25, 0.3) is 0 Å². The molecule has 2 aromatic rings. The number of benzene rings is 2. The minimum absolute atomic E-state index is 0.0273. The molecule has 1 amide bonds. The highest BCUT2D eigenvalue weighted by Gasteiger charge is 2.38. The summed E-state index contributed by atoms with van der Waals surface area (Å²) in [5.74, 6) is 1.91. The van der Waals surface area contributed by atoms with Crippen molar-refractivity contribution in [1.82, 2.24) is 4.90 Å². The second kappa shape index (κ2) is 14.6. The fourth-order valence-corrected chi connectivity index (χ4v) is 6.36. The van der Waals surface area contributed by atoms with E-state index in [2.05, 4.69) is 36.1 Å². The van der Waals surface area contributed by atoms with Crippen LogP contribution in [0.1, 0.15) is 75.2 Å². The van der Waals surface area contributed by atoms with Crippen molar-refractivity contribution >= 4 is 23.2 Å². The molecule has 5 unspecified atom stereocenters. The zero-order valence-corrected chi connectivity index (χ0v) is 26.0. The summed E-state index contributed by atoms with van der Waals surface area (Å²) in [6.07, 6.45) is 8.34. The normalized spacial score (nSPS) is 21.9. The standard InChI is InChI=1S/C34H46ClFN2O3/c1-6-9-26-18-29(35)13-15-30(26)28-21-38(32-19-25(23(2)36)12-16-34(32)41-22-28)20-27-11-14-31(27)33(40-5)10-7-8-17-37(4)24(3)39/h7,10,12-13,15-16,18-19,23,27-28,31,33H,6,8-9,11,14,17,20-22H2,1-5H3/b10-7+. The van der Waals surface area contributed by atoms with Gasteiger partial charge in [0.2, 0.25) is 5.91 Å². The molecular weight excluding hydrogens is 539 g/mol. The highest BCUT2D eigenvalue weighted by atomic mass is 35.5. The number of rotatable bonds is 12. The van der Waals surface area contributed by atoms with E-state index < -0.39 is 6.17 Å². The van der Waals surface area contributed by atoms with Crippen LogP contribution in [0.2, 0.25) is 5.02 Å². The average Bonchev–Trinajstić information content (AvgIpc) is 3.11. The largest absolute Gasteiger partial charge is 0.491 e. The summed E-state index contributed by atoms with van der Waals surface area (Å²) >= 11 is 6.39. The maximum atomic E-state index is 14.4. The molecule has 1 fully saturated rings. The van der Waals surface area contributed by atoms with E-state index in [1.165, 1.54) is 11.1 Å². The fourth-order valence-electron chi connectivity index (χ4n) is 6.17. The number of aryl methyl sites for hydroxylation is 1. The summed E-state index contributed by atoms with van der Waals surface area (Å²) in [6, 6.07) is 12.0. The van der Waals surface area contributed by atoms with E-state index >= 15 is 0 Å². The summed E-state index contributed by atoms with van der Waals surface area (Å²) in [5.41, 5.74) is 4.21. The Balaban J connectivity index is 1.56. The smallest absolute Gasteiger partial charge is 0.219 e. The zero-order valence-electron chi connectivity index (χ0n) is 25.2. The van der Waals surface area contributed by atoms with Crippen LogP contribution in [0.5, 0.6) is 5.75 Å². The number of anilines is 1. The average molecular weight is 585 g/mol. The van der Waals surface area contributed by atoms with Crippen LogP contribution in [0.3, 0.4) is 0 Å². The number of nitrogens with zero attached hydrogens (tertiary/aromatic N) is 2. The van der Waals surface area contributed by atoms with E-state index in [9.17, 15) is 9.18 Å². The molecule has 4 rings (SSSR count). The number of halogens is 2. The predicted molar refractivity (Wildman–Crippen MR) is 166 cm³/mol. The van der Waals surface area contributed by atoms with Gasteiger partial charge in [0.25, 0.3) is 0 Å². The molecule has 1 aliphatic heterocycles. The minimum atomic E-state index is -1.05. The van der Waals surface area contributed by atoms with Gasteiger partial charge in [0.1, 0.15) is 11.9 Å². The molecule has 224 valence electrons. The Morgan fingerprint density at radius 1 is 1.27 bits per heavy atom. The Morgan fingerprint density at radius 2 is 2.07 bits per heavy atom. The van der Waals surface area contributed by atoms with Crippen LogP contribution >= 0.6 is 11.6 Å². The van der Waals surface area contributed by atoms with Crippen LogP contribution in [0.15, 0.2) is 48.6 Å². The lowest BCUT2D eigenvalue weighted by Crippen LogP contribution is -2.44. The lowest BCUT2D eigenvalue weighted by molar-refractivity contribution is -0.127. The highest BCUT2D eigenvalue weighted by molar-refractivity contribution is 6.30. The Labute approximate surface area is 250 Å². The molecule has 5 atom stereocenters. The van der Waals surface area contributed by atoms with Gasteiger partial charge in [-0.1, -0.05) is 49.2 Å². The van der Waals surface area contributed by atoms with Crippen molar-refractivity contribution < 1.29 is 18.7 Å². The van der Waals surface area contributed by atoms with Gasteiger partial charge in [-0.25, -0.2) is 4.39 Å². The van der Waals surface area contributed by atoms with E-state index in [0.29, 0.717) is 30.6 Å². The molecule has 0 spiro atoms. The first-order valence-electron chi connectivity index (χ1n) is 15.1. The van der Waals surface area contributed by atoms with E-state index in [4.69, 9.17) is 21.1 Å². The van der Waals surface area contributed by atoms with Crippen molar-refractivity contribution in [2.75, 3.05) is 45.3 Å². The van der Waals surface area contributed by atoms with Crippen molar-refractivity contribution in [2.45, 2.75) is 71.1 Å². The van der Waals surface area contributed by atoms with Crippen molar-refractivity contribution in [3.63, 3.8) is 0 Å². The fraction of sp³-hybridized carbons (Fsp3) is 0.559. The number of alkyl halides is 1. The van der Waals surface area contributed by atoms with Gasteiger partial charge in [0, 0.05) is 51.7 Å². The Hall–Kier alpha value is -2.57. The van der Waals surface area contributed by atoms with Gasteiger partial charge in [0.15, 0.2) is 0 Å². The number of hydrogen-bond acceptors (Lipinski definition) is 4. The summed E-state index contributed by atoms with van der Waals surface area (Å²) in [5, 5.41) is 0.761. The zero-order chi connectivity index (χ0) is 29.5. The third-order valence-corrected chi connectivity index (χ3v) is 9.08. The number of carbonyl (C=O) groups is 1. The van der Waals surface area contributed by atoms with Crippen LogP contribution in [0.4, 0.5) is 10.1 Å². The van der Waals surface area contributed by atoms with Crippen molar-refractivity contribution in [3.05, 3.63) is 70.3 Å². The van der Waals surface area contributed by atoms with E-state index in [1.807, 2.05) is 31.3 Å². The third-order valence-electron chi connectivity index (χ3n) is 8.85. The molecule has 2 aliphatic rings. The molecule has 1 aliphatic carbocycles. The molecule has 1 heterocycles. The predicted octanol–water partition coefficient (Wildman–Crippen LogP) is 7.77.